The molecule has 0 aromatic heterocycles. The van der Waals surface area contributed by atoms with Crippen LogP contribution in [-0.4, -0.2) is 30.4 Å². The van der Waals surface area contributed by atoms with Crippen molar-refractivity contribution >= 4 is 11.6 Å². The van der Waals surface area contributed by atoms with E-state index in [0.717, 1.165) is 29.9 Å². The maximum absolute atomic E-state index is 11.7. The summed E-state index contributed by atoms with van der Waals surface area (Å²) in [6, 6.07) is 6.81. The van der Waals surface area contributed by atoms with Crippen molar-refractivity contribution in [2.75, 3.05) is 25.0 Å². The number of fused-ring (bicyclic) bond motifs is 1. The molecule has 1 saturated heterocycles. The zero-order valence-corrected chi connectivity index (χ0v) is 19.0. The van der Waals surface area contributed by atoms with Crippen molar-refractivity contribution in [3.63, 3.8) is 0 Å². The van der Waals surface area contributed by atoms with E-state index in [1.54, 1.807) is 0 Å². The molecule has 160 valence electrons. The molecule has 2 heterocycles. The fourth-order valence-corrected chi connectivity index (χ4v) is 6.99. The Kier molecular flexibility index (Phi) is 6.06. The van der Waals surface area contributed by atoms with E-state index in [1.807, 2.05) is 0 Å². The highest BCUT2D eigenvalue weighted by molar-refractivity contribution is 5.94. The van der Waals surface area contributed by atoms with Gasteiger partial charge < -0.3 is 10.2 Å². The van der Waals surface area contributed by atoms with Gasteiger partial charge in [0.1, 0.15) is 0 Å². The maximum atomic E-state index is 11.7. The fraction of sp³-hybridized carbons (Fsp3) is 0.731. The second-order valence-electron chi connectivity index (χ2n) is 10.8. The summed E-state index contributed by atoms with van der Waals surface area (Å²) in [6.45, 7) is 13.6. The number of anilines is 1. The largest absolute Gasteiger partial charge is 0.326 e. The van der Waals surface area contributed by atoms with Crippen molar-refractivity contribution in [2.45, 2.75) is 78.6 Å². The first-order valence-corrected chi connectivity index (χ1v) is 12.0. The lowest BCUT2D eigenvalue weighted by molar-refractivity contribution is -0.116. The van der Waals surface area contributed by atoms with Gasteiger partial charge in [-0.2, -0.15) is 0 Å². The normalized spacial score (nSPS) is 30.6. The molecule has 2 aliphatic heterocycles. The second kappa shape index (κ2) is 8.41. The van der Waals surface area contributed by atoms with Crippen molar-refractivity contribution in [3.8, 4) is 0 Å². The number of rotatable bonds is 4. The molecule has 0 spiro atoms. The summed E-state index contributed by atoms with van der Waals surface area (Å²) in [4.78, 5) is 14.5. The fourth-order valence-electron chi connectivity index (χ4n) is 6.99. The maximum Gasteiger partial charge on any atom is 0.224 e. The van der Waals surface area contributed by atoms with E-state index in [2.05, 4.69) is 56.1 Å². The zero-order valence-electron chi connectivity index (χ0n) is 19.0. The van der Waals surface area contributed by atoms with Crippen molar-refractivity contribution < 1.29 is 4.79 Å². The van der Waals surface area contributed by atoms with Gasteiger partial charge in [0, 0.05) is 18.7 Å². The third-order valence-corrected chi connectivity index (χ3v) is 8.26. The molecule has 1 saturated carbocycles. The van der Waals surface area contributed by atoms with Crippen LogP contribution in [0.1, 0.15) is 83.3 Å². The third-order valence-electron chi connectivity index (χ3n) is 8.26. The number of nitrogens with zero attached hydrogens (tertiary/aromatic N) is 1. The minimum Gasteiger partial charge on any atom is -0.326 e. The molecule has 1 amide bonds. The van der Waals surface area contributed by atoms with E-state index in [0.29, 0.717) is 17.8 Å². The number of hydrogen-bond acceptors (Lipinski definition) is 2. The molecule has 1 aliphatic carbocycles. The Bertz CT molecular complexity index is 732. The van der Waals surface area contributed by atoms with Gasteiger partial charge in [0.2, 0.25) is 5.91 Å². The van der Waals surface area contributed by atoms with Crippen LogP contribution < -0.4 is 5.32 Å². The van der Waals surface area contributed by atoms with Gasteiger partial charge in [-0.1, -0.05) is 46.2 Å². The Morgan fingerprint density at radius 2 is 1.93 bits per heavy atom. The number of carbonyl (C=O) groups is 1. The lowest BCUT2D eigenvalue weighted by Crippen LogP contribution is -2.43. The standard InChI is InChI=1S/C26H40N2O/c1-5-23-18(2)14-19(16-26(23,3)4)17-28-12-10-20(11-13-28)22-7-6-21-8-9-25(29)27-24(21)15-22/h6-7,15,18-20,23H,5,8-14,16-17H2,1-4H3,(H,27,29). The minimum absolute atomic E-state index is 0.166. The first kappa shape index (κ1) is 20.9. The summed E-state index contributed by atoms with van der Waals surface area (Å²) in [7, 11) is 0. The molecule has 2 fully saturated rings. The molecule has 1 N–H and O–H groups in total. The predicted molar refractivity (Wildman–Crippen MR) is 121 cm³/mol. The average molecular weight is 397 g/mol. The zero-order chi connectivity index (χ0) is 20.6. The number of carbonyl (C=O) groups excluding carboxylic acids is 1. The summed E-state index contributed by atoms with van der Waals surface area (Å²) in [5.74, 6) is 3.41. The van der Waals surface area contributed by atoms with Gasteiger partial charge in [-0.15, -0.1) is 0 Å². The first-order valence-electron chi connectivity index (χ1n) is 12.0. The van der Waals surface area contributed by atoms with Crippen LogP contribution in [0.3, 0.4) is 0 Å². The Morgan fingerprint density at radius 3 is 2.62 bits per heavy atom. The number of piperidine rings is 1. The van der Waals surface area contributed by atoms with Crippen molar-refractivity contribution in [3.05, 3.63) is 29.3 Å². The lowest BCUT2D eigenvalue weighted by atomic mass is 9.60. The summed E-state index contributed by atoms with van der Waals surface area (Å²) >= 11 is 0. The second-order valence-corrected chi connectivity index (χ2v) is 10.8. The van der Waals surface area contributed by atoms with Crippen LogP contribution in [0.25, 0.3) is 0 Å². The number of aryl methyl sites for hydroxylation is 1. The molecule has 1 aromatic carbocycles. The summed E-state index contributed by atoms with van der Waals surface area (Å²) in [5, 5.41) is 3.07. The van der Waals surface area contributed by atoms with Crippen LogP contribution in [-0.2, 0) is 11.2 Å². The molecule has 4 rings (SSSR count). The van der Waals surface area contributed by atoms with Gasteiger partial charge in [0.05, 0.1) is 0 Å². The molecule has 3 atom stereocenters. The highest BCUT2D eigenvalue weighted by atomic mass is 16.1. The highest BCUT2D eigenvalue weighted by Crippen LogP contribution is 2.48. The van der Waals surface area contributed by atoms with Crippen LogP contribution in [0.4, 0.5) is 5.69 Å². The molecule has 1 aromatic rings. The number of nitrogens with one attached hydrogen (secondary N) is 1. The summed E-state index contributed by atoms with van der Waals surface area (Å²) in [5.41, 5.74) is 4.27. The highest BCUT2D eigenvalue weighted by Gasteiger charge is 2.40. The van der Waals surface area contributed by atoms with Gasteiger partial charge >= 0.3 is 0 Å². The Hall–Kier alpha value is -1.35. The number of likely N-dealkylation sites (tertiary alicyclic amines) is 1. The van der Waals surface area contributed by atoms with E-state index >= 15 is 0 Å². The minimum atomic E-state index is 0.166. The van der Waals surface area contributed by atoms with E-state index in [-0.39, 0.29) is 5.91 Å². The molecule has 3 aliphatic rings. The number of benzene rings is 1. The van der Waals surface area contributed by atoms with Crippen molar-refractivity contribution in [1.82, 2.24) is 4.90 Å². The van der Waals surface area contributed by atoms with Crippen LogP contribution in [0.2, 0.25) is 0 Å². The average Bonchev–Trinajstić information content (AvgIpc) is 2.67. The van der Waals surface area contributed by atoms with Crippen molar-refractivity contribution in [2.24, 2.45) is 23.2 Å². The molecule has 29 heavy (non-hydrogen) atoms. The van der Waals surface area contributed by atoms with Gasteiger partial charge in [0.15, 0.2) is 0 Å². The molecule has 3 unspecified atom stereocenters. The topological polar surface area (TPSA) is 32.3 Å². The Balaban J connectivity index is 1.32. The molecule has 0 radical (unpaired) electrons. The van der Waals surface area contributed by atoms with Gasteiger partial charge in [-0.05, 0) is 91.5 Å². The summed E-state index contributed by atoms with van der Waals surface area (Å²) < 4.78 is 0. The monoisotopic (exact) mass is 396 g/mol. The number of amides is 1. The van der Waals surface area contributed by atoms with E-state index < -0.39 is 0 Å². The van der Waals surface area contributed by atoms with Crippen molar-refractivity contribution in [1.29, 1.82) is 0 Å². The van der Waals surface area contributed by atoms with Gasteiger partial charge in [0.25, 0.3) is 0 Å². The van der Waals surface area contributed by atoms with Gasteiger partial charge in [-0.3, -0.25) is 4.79 Å². The smallest absolute Gasteiger partial charge is 0.224 e. The first-order chi connectivity index (χ1) is 13.9. The van der Waals surface area contributed by atoms with Gasteiger partial charge in [-0.25, -0.2) is 0 Å². The van der Waals surface area contributed by atoms with Crippen LogP contribution >= 0.6 is 0 Å². The molecule has 0 bridgehead atoms. The SMILES string of the molecule is CCC1C(C)CC(CN2CCC(c3ccc4c(c3)NC(=O)CC4)CC2)CC1(C)C. The quantitative estimate of drug-likeness (QED) is 0.692. The predicted octanol–water partition coefficient (Wildman–Crippen LogP) is 5.85. The number of hydrogen-bond donors (Lipinski definition) is 1. The Labute approximate surface area is 177 Å². The van der Waals surface area contributed by atoms with E-state index in [1.165, 1.54) is 62.9 Å². The molecule has 3 nitrogen and oxygen atoms in total. The molecule has 3 heteroatoms. The van der Waals surface area contributed by atoms with E-state index in [4.69, 9.17) is 0 Å². The van der Waals surface area contributed by atoms with Crippen LogP contribution in [0.5, 0.6) is 0 Å². The third kappa shape index (κ3) is 4.55. The molecular formula is C26H40N2O. The lowest BCUT2D eigenvalue weighted by Gasteiger charge is -2.48. The van der Waals surface area contributed by atoms with E-state index in [9.17, 15) is 4.79 Å². The van der Waals surface area contributed by atoms with Crippen LogP contribution in [0.15, 0.2) is 18.2 Å². The summed E-state index contributed by atoms with van der Waals surface area (Å²) in [6.07, 6.45) is 8.13. The van der Waals surface area contributed by atoms with Crippen LogP contribution in [0, 0.1) is 23.2 Å². The Morgan fingerprint density at radius 1 is 1.17 bits per heavy atom. The molecular weight excluding hydrogens is 356 g/mol.